The van der Waals surface area contributed by atoms with Crippen LogP contribution in [-0.4, -0.2) is 0 Å². The van der Waals surface area contributed by atoms with E-state index in [2.05, 4.69) is 65.8 Å². The van der Waals surface area contributed by atoms with Crippen molar-refractivity contribution in [3.63, 3.8) is 0 Å². The molecule has 0 fully saturated rings. The van der Waals surface area contributed by atoms with Crippen LogP contribution >= 0.6 is 16.4 Å². The Hall–Kier alpha value is -1.36. The van der Waals surface area contributed by atoms with Crippen LogP contribution in [0.3, 0.4) is 0 Å². The lowest BCUT2D eigenvalue weighted by atomic mass is 9.99. The second-order valence-electron chi connectivity index (χ2n) is 8.46. The van der Waals surface area contributed by atoms with E-state index in [4.69, 9.17) is 8.83 Å². The number of hydrogen-bond acceptors (Lipinski definition) is 2. The van der Waals surface area contributed by atoms with Crippen molar-refractivity contribution in [1.29, 1.82) is 0 Å². The van der Waals surface area contributed by atoms with Gasteiger partial charge in [-0.05, 0) is 40.7 Å². The van der Waals surface area contributed by atoms with E-state index in [1.807, 2.05) is 0 Å². The normalized spacial score (nSPS) is 14.1. The van der Waals surface area contributed by atoms with E-state index in [1.165, 1.54) is 26.6 Å². The van der Waals surface area contributed by atoms with E-state index in [9.17, 15) is 0 Å². The molecule has 24 heavy (non-hydrogen) atoms. The van der Waals surface area contributed by atoms with Gasteiger partial charge in [-0.3, -0.25) is 0 Å². The molecule has 2 aromatic heterocycles. The van der Waals surface area contributed by atoms with Gasteiger partial charge < -0.3 is 8.83 Å². The Balaban J connectivity index is 2.05. The predicted octanol–water partition coefficient (Wildman–Crippen LogP) is 8.09. The minimum absolute atomic E-state index is 0.0475. The summed E-state index contributed by atoms with van der Waals surface area (Å²) in [7, 11) is 2.37. The first-order valence-corrected chi connectivity index (χ1v) is 10.1. The van der Waals surface area contributed by atoms with Gasteiger partial charge in [0.1, 0.15) is 22.2 Å². The summed E-state index contributed by atoms with van der Waals surface area (Å²) < 4.78 is 12.6. The standard InChI is InChI=1S/C20H22O2P2/c1-19(2,3)17-21-15-11-8-10-14-16(12(11)7-9-13(15)23-17)22-18(24-14)20(4,5)6/h7-10H,1-6H3. The summed E-state index contributed by atoms with van der Waals surface area (Å²) in [5, 5.41) is 4.82. The fraction of sp³-hybridized carbons (Fsp3) is 0.400. The first-order chi connectivity index (χ1) is 11.1. The van der Waals surface area contributed by atoms with Crippen LogP contribution in [-0.2, 0) is 10.8 Å². The molecule has 2 nitrogen and oxygen atoms in total. The van der Waals surface area contributed by atoms with Gasteiger partial charge >= 0.3 is 0 Å². The molecule has 0 N–H and O–H groups in total. The zero-order chi connectivity index (χ0) is 17.3. The highest BCUT2D eigenvalue weighted by Crippen LogP contribution is 2.45. The second kappa shape index (κ2) is 5.07. The van der Waals surface area contributed by atoms with Crippen molar-refractivity contribution in [1.82, 2.24) is 0 Å². The third kappa shape index (κ3) is 2.48. The van der Waals surface area contributed by atoms with Crippen LogP contribution in [0.4, 0.5) is 0 Å². The Labute approximate surface area is 145 Å². The van der Waals surface area contributed by atoms with E-state index in [-0.39, 0.29) is 10.8 Å². The summed E-state index contributed by atoms with van der Waals surface area (Å²) in [6, 6.07) is 8.76. The molecule has 4 aromatic rings. The summed E-state index contributed by atoms with van der Waals surface area (Å²) in [5.74, 6) is 0. The molecule has 0 saturated carbocycles. The van der Waals surface area contributed by atoms with Gasteiger partial charge in [-0.25, -0.2) is 0 Å². The van der Waals surface area contributed by atoms with E-state index in [1.54, 1.807) is 0 Å². The topological polar surface area (TPSA) is 26.3 Å². The molecular weight excluding hydrogens is 334 g/mol. The van der Waals surface area contributed by atoms with Gasteiger partial charge in [-0.15, -0.1) is 0 Å². The van der Waals surface area contributed by atoms with Crippen LogP contribution in [0, 0.1) is 0 Å². The summed E-state index contributed by atoms with van der Waals surface area (Å²) >= 11 is 0. The van der Waals surface area contributed by atoms with Crippen LogP contribution in [0.15, 0.2) is 33.1 Å². The highest BCUT2D eigenvalue weighted by Gasteiger charge is 2.23. The first-order valence-electron chi connectivity index (χ1n) is 8.28. The highest BCUT2D eigenvalue weighted by molar-refractivity contribution is 7.38. The monoisotopic (exact) mass is 356 g/mol. The third-order valence-corrected chi connectivity index (χ3v) is 7.30. The summed E-state index contributed by atoms with van der Waals surface area (Å²) in [4.78, 5) is 0. The molecular formula is C20H22O2P2. The lowest BCUT2D eigenvalue weighted by Gasteiger charge is -2.13. The molecule has 0 amide bonds. The molecule has 0 spiro atoms. The van der Waals surface area contributed by atoms with Gasteiger partial charge in [0.15, 0.2) is 0 Å². The maximum Gasteiger partial charge on any atom is 0.147 e. The zero-order valence-electron chi connectivity index (χ0n) is 15.0. The maximum atomic E-state index is 6.28. The Morgan fingerprint density at radius 2 is 1.00 bits per heavy atom. The van der Waals surface area contributed by atoms with Crippen molar-refractivity contribution in [2.75, 3.05) is 0 Å². The molecule has 0 bridgehead atoms. The van der Waals surface area contributed by atoms with Crippen LogP contribution in [0.2, 0.25) is 0 Å². The van der Waals surface area contributed by atoms with Gasteiger partial charge in [-0.2, -0.15) is 0 Å². The van der Waals surface area contributed by atoms with Crippen molar-refractivity contribution in [3.8, 4) is 0 Å². The quantitative estimate of drug-likeness (QED) is 0.318. The molecule has 4 rings (SSSR count). The van der Waals surface area contributed by atoms with E-state index in [0.717, 1.165) is 32.9 Å². The molecule has 0 aliphatic heterocycles. The fourth-order valence-electron chi connectivity index (χ4n) is 2.82. The Kier molecular flexibility index (Phi) is 3.41. The molecule has 0 aliphatic carbocycles. The van der Waals surface area contributed by atoms with Gasteiger partial charge in [0.2, 0.25) is 0 Å². The van der Waals surface area contributed by atoms with Crippen molar-refractivity contribution >= 4 is 48.6 Å². The number of benzene rings is 2. The number of hydrogen-bond donors (Lipinski definition) is 0. The largest absolute Gasteiger partial charge is 0.455 e. The Morgan fingerprint density at radius 3 is 1.33 bits per heavy atom. The van der Waals surface area contributed by atoms with Crippen LogP contribution in [0.5, 0.6) is 0 Å². The van der Waals surface area contributed by atoms with Gasteiger partial charge in [0, 0.05) is 31.8 Å². The molecule has 0 aliphatic rings. The molecule has 0 atom stereocenters. The molecule has 124 valence electrons. The molecule has 4 heteroatoms. The van der Waals surface area contributed by atoms with Gasteiger partial charge in [-0.1, -0.05) is 41.5 Å². The maximum absolute atomic E-state index is 6.28. The molecule has 0 saturated heterocycles. The SMILES string of the molecule is CC(C)(C)c1oc2c(ccc3c2ccc2pc(C(C)(C)C)oc23)p1. The zero-order valence-corrected chi connectivity index (χ0v) is 16.8. The van der Waals surface area contributed by atoms with Crippen molar-refractivity contribution in [2.24, 2.45) is 0 Å². The van der Waals surface area contributed by atoms with Gasteiger partial charge in [0.05, 0.1) is 0 Å². The summed E-state index contributed by atoms with van der Waals surface area (Å²) in [6.07, 6.45) is 0. The van der Waals surface area contributed by atoms with E-state index < -0.39 is 0 Å². The number of rotatable bonds is 0. The number of fused-ring (bicyclic) bond motifs is 5. The average molecular weight is 356 g/mol. The third-order valence-electron chi connectivity index (χ3n) is 4.19. The molecule has 0 unspecified atom stereocenters. The van der Waals surface area contributed by atoms with Crippen molar-refractivity contribution in [3.05, 3.63) is 35.2 Å². The molecule has 2 aromatic carbocycles. The summed E-state index contributed by atoms with van der Waals surface area (Å²) in [5.41, 5.74) is 4.34. The van der Waals surface area contributed by atoms with Crippen LogP contribution in [0.25, 0.3) is 32.2 Å². The van der Waals surface area contributed by atoms with Crippen LogP contribution < -0.4 is 0 Å². The summed E-state index contributed by atoms with van der Waals surface area (Å²) in [6.45, 7) is 13.2. The highest BCUT2D eigenvalue weighted by atomic mass is 31.0. The van der Waals surface area contributed by atoms with Crippen molar-refractivity contribution in [2.45, 2.75) is 52.4 Å². The second-order valence-corrected chi connectivity index (χ2v) is 10.7. The van der Waals surface area contributed by atoms with Crippen LogP contribution in [0.1, 0.15) is 52.5 Å². The average Bonchev–Trinajstić information content (AvgIpc) is 3.09. The Bertz CT molecular complexity index is 985. The van der Waals surface area contributed by atoms with E-state index >= 15 is 0 Å². The first kappa shape index (κ1) is 16.1. The van der Waals surface area contributed by atoms with Crippen molar-refractivity contribution < 1.29 is 8.83 Å². The minimum Gasteiger partial charge on any atom is -0.455 e. The lowest BCUT2D eigenvalue weighted by Crippen LogP contribution is -2.07. The van der Waals surface area contributed by atoms with E-state index in [0.29, 0.717) is 0 Å². The molecule has 2 heterocycles. The minimum atomic E-state index is 0.0475. The predicted molar refractivity (Wildman–Crippen MR) is 106 cm³/mol. The molecule has 0 radical (unpaired) electrons. The van der Waals surface area contributed by atoms with Gasteiger partial charge in [0.25, 0.3) is 0 Å². The lowest BCUT2D eigenvalue weighted by molar-refractivity contribution is 0.444. The smallest absolute Gasteiger partial charge is 0.147 e. The Morgan fingerprint density at radius 1 is 0.625 bits per heavy atom. The fourth-order valence-corrected chi connectivity index (χ4v) is 5.03.